The van der Waals surface area contributed by atoms with Crippen LogP contribution in [-0.4, -0.2) is 26.0 Å². The van der Waals surface area contributed by atoms with E-state index in [1.165, 1.54) is 14.7 Å². The number of rotatable bonds is 12. The molecule has 0 aromatic heterocycles. The predicted molar refractivity (Wildman–Crippen MR) is 150 cm³/mol. The number of benzene rings is 4. The Hall–Kier alpha value is -3.74. The molecular formula is C32H33O5S+. The molecule has 0 bridgehead atoms. The summed E-state index contributed by atoms with van der Waals surface area (Å²) in [7, 11) is -0.204. The first-order chi connectivity index (χ1) is 18.5. The van der Waals surface area contributed by atoms with Crippen LogP contribution in [0, 0.1) is 13.8 Å². The Balaban J connectivity index is 1.42. The number of esters is 1. The maximum Gasteiger partial charge on any atom is 0.346 e. The fourth-order valence-corrected chi connectivity index (χ4v) is 6.25. The second-order valence-electron chi connectivity index (χ2n) is 8.67. The molecule has 0 atom stereocenters. The van der Waals surface area contributed by atoms with Gasteiger partial charge in [0.2, 0.25) is 0 Å². The number of aryl methyl sites for hydroxylation is 2. The van der Waals surface area contributed by atoms with Gasteiger partial charge in [-0.15, -0.1) is 0 Å². The van der Waals surface area contributed by atoms with E-state index >= 15 is 0 Å². The molecule has 4 rings (SSSR count). The van der Waals surface area contributed by atoms with Gasteiger partial charge >= 0.3 is 5.97 Å². The van der Waals surface area contributed by atoms with Gasteiger partial charge in [0.05, 0.1) is 10.9 Å². The summed E-state index contributed by atoms with van der Waals surface area (Å²) in [5, 5.41) is 0. The summed E-state index contributed by atoms with van der Waals surface area (Å²) in [4.78, 5) is 15.5. The summed E-state index contributed by atoms with van der Waals surface area (Å²) in [5.41, 5.74) is 3.22. The summed E-state index contributed by atoms with van der Waals surface area (Å²) in [6.07, 6.45) is 0. The zero-order chi connectivity index (χ0) is 26.7. The lowest BCUT2D eigenvalue weighted by Gasteiger charge is -2.15. The van der Waals surface area contributed by atoms with Crippen LogP contribution in [0.5, 0.6) is 11.5 Å². The highest BCUT2D eigenvalue weighted by molar-refractivity contribution is 7.97. The van der Waals surface area contributed by atoms with Gasteiger partial charge in [0, 0.05) is 18.7 Å². The Kier molecular flexibility index (Phi) is 9.84. The van der Waals surface area contributed by atoms with Crippen LogP contribution in [0.4, 0.5) is 0 Å². The highest BCUT2D eigenvalue weighted by atomic mass is 32.2. The van der Waals surface area contributed by atoms with Gasteiger partial charge in [-0.1, -0.05) is 48.5 Å². The lowest BCUT2D eigenvalue weighted by Crippen LogP contribution is -2.16. The molecular weight excluding hydrogens is 496 g/mol. The van der Waals surface area contributed by atoms with E-state index in [0.717, 1.165) is 22.4 Å². The maximum atomic E-state index is 11.7. The molecule has 0 saturated carbocycles. The van der Waals surface area contributed by atoms with Gasteiger partial charge in [-0.05, 0) is 73.9 Å². The molecule has 0 amide bonds. The largest absolute Gasteiger partial charge is 0.488 e. The first-order valence-corrected chi connectivity index (χ1v) is 13.8. The van der Waals surface area contributed by atoms with Crippen LogP contribution in [0.1, 0.15) is 23.6 Å². The number of carbonyl (C=O) groups is 1. The molecule has 0 fully saturated rings. The average Bonchev–Trinajstić information content (AvgIpc) is 2.94. The fraction of sp³-hybridized carbons (Fsp3) is 0.219. The topological polar surface area (TPSA) is 54.0 Å². The van der Waals surface area contributed by atoms with Crippen molar-refractivity contribution in [1.82, 2.24) is 0 Å². The third kappa shape index (κ3) is 7.40. The zero-order valence-electron chi connectivity index (χ0n) is 22.0. The van der Waals surface area contributed by atoms with Crippen molar-refractivity contribution >= 4 is 16.9 Å². The lowest BCUT2D eigenvalue weighted by molar-refractivity contribution is -0.158. The molecule has 38 heavy (non-hydrogen) atoms. The minimum absolute atomic E-state index is 0.0611. The third-order valence-electron chi connectivity index (χ3n) is 5.80. The lowest BCUT2D eigenvalue weighted by atomic mass is 10.1. The van der Waals surface area contributed by atoms with E-state index < -0.39 is 5.97 Å². The molecule has 196 valence electrons. The van der Waals surface area contributed by atoms with Gasteiger partial charge in [-0.25, -0.2) is 4.79 Å². The van der Waals surface area contributed by atoms with Crippen molar-refractivity contribution in [3.8, 4) is 11.5 Å². The maximum absolute atomic E-state index is 11.7. The molecule has 4 aromatic rings. The van der Waals surface area contributed by atoms with Crippen molar-refractivity contribution in [1.29, 1.82) is 0 Å². The van der Waals surface area contributed by atoms with Gasteiger partial charge in [0.1, 0.15) is 18.1 Å². The normalized spacial score (nSPS) is 10.8. The van der Waals surface area contributed by atoms with E-state index in [4.69, 9.17) is 18.9 Å². The number of ether oxygens (including phenoxy) is 4. The van der Waals surface area contributed by atoms with Crippen molar-refractivity contribution < 1.29 is 23.7 Å². The van der Waals surface area contributed by atoms with Crippen LogP contribution in [0.25, 0.3) is 0 Å². The molecule has 0 unspecified atom stereocenters. The molecule has 0 aliphatic carbocycles. The summed E-state index contributed by atoms with van der Waals surface area (Å²) in [6.45, 7) is 6.73. The van der Waals surface area contributed by atoms with E-state index in [1.807, 2.05) is 31.2 Å². The molecule has 0 aliphatic rings. The van der Waals surface area contributed by atoms with Crippen molar-refractivity contribution in [2.24, 2.45) is 0 Å². The molecule has 0 radical (unpaired) electrons. The first kappa shape index (κ1) is 27.3. The van der Waals surface area contributed by atoms with E-state index in [2.05, 4.69) is 86.6 Å². The third-order valence-corrected chi connectivity index (χ3v) is 7.99. The van der Waals surface area contributed by atoms with Gasteiger partial charge in [0.15, 0.2) is 28.1 Å². The van der Waals surface area contributed by atoms with E-state index in [0.29, 0.717) is 19.0 Å². The van der Waals surface area contributed by atoms with Gasteiger partial charge < -0.3 is 18.9 Å². The predicted octanol–water partition coefficient (Wildman–Crippen LogP) is 6.89. The zero-order valence-corrected chi connectivity index (χ0v) is 22.8. The van der Waals surface area contributed by atoms with Crippen LogP contribution in [0.3, 0.4) is 0 Å². The summed E-state index contributed by atoms with van der Waals surface area (Å²) >= 11 is 0. The van der Waals surface area contributed by atoms with E-state index in [9.17, 15) is 4.79 Å². The van der Waals surface area contributed by atoms with Crippen molar-refractivity contribution in [3.63, 3.8) is 0 Å². The van der Waals surface area contributed by atoms with Crippen molar-refractivity contribution in [3.05, 3.63) is 114 Å². The van der Waals surface area contributed by atoms with E-state index in [-0.39, 0.29) is 24.3 Å². The van der Waals surface area contributed by atoms with Crippen LogP contribution in [-0.2, 0) is 31.8 Å². The number of hydrogen-bond donors (Lipinski definition) is 0. The second-order valence-corrected chi connectivity index (χ2v) is 10.7. The second kappa shape index (κ2) is 13.7. The smallest absolute Gasteiger partial charge is 0.346 e. The summed E-state index contributed by atoms with van der Waals surface area (Å²) in [6, 6.07) is 33.3. The molecule has 0 spiro atoms. The number of carbonyl (C=O) groups excluding carboxylic acids is 1. The molecule has 5 nitrogen and oxygen atoms in total. The fourth-order valence-electron chi connectivity index (χ4n) is 3.99. The molecule has 4 aromatic carbocycles. The van der Waals surface area contributed by atoms with Gasteiger partial charge in [-0.2, -0.15) is 0 Å². The van der Waals surface area contributed by atoms with Gasteiger partial charge in [-0.3, -0.25) is 0 Å². The highest BCUT2D eigenvalue weighted by Gasteiger charge is 2.29. The average molecular weight is 530 g/mol. The molecule has 0 N–H and O–H groups in total. The molecule has 0 heterocycles. The molecule has 0 aliphatic heterocycles. The summed E-state index contributed by atoms with van der Waals surface area (Å²) in [5.74, 6) is 1.02. The minimum Gasteiger partial charge on any atom is -0.488 e. The van der Waals surface area contributed by atoms with Crippen LogP contribution in [0.15, 0.2) is 112 Å². The van der Waals surface area contributed by atoms with Crippen LogP contribution in [0.2, 0.25) is 0 Å². The van der Waals surface area contributed by atoms with Crippen molar-refractivity contribution in [2.45, 2.75) is 42.1 Å². The molecule has 0 saturated heterocycles. The Bertz CT molecular complexity index is 1240. The first-order valence-electron chi connectivity index (χ1n) is 12.6. The Morgan fingerprint density at radius 3 is 1.87 bits per heavy atom. The van der Waals surface area contributed by atoms with Crippen molar-refractivity contribution in [2.75, 3.05) is 20.0 Å². The van der Waals surface area contributed by atoms with E-state index in [1.54, 1.807) is 0 Å². The van der Waals surface area contributed by atoms with Crippen LogP contribution >= 0.6 is 0 Å². The monoisotopic (exact) mass is 529 g/mol. The Morgan fingerprint density at radius 1 is 0.737 bits per heavy atom. The standard InChI is InChI=1S/C32H33O5S/c1-4-34-23-37-31(33)22-35-27-17-15-26(16-18-27)21-36-32-24(2)19-30(20-25(32)3)38(28-11-7-5-8-12-28)29-13-9-6-10-14-29/h5-20H,4,21-23H2,1-3H3/q+1. The SMILES string of the molecule is CCOCOC(=O)COc1ccc(COc2c(C)cc([S+](c3ccccc3)c3ccccc3)cc2C)cc1. The van der Waals surface area contributed by atoms with Gasteiger partial charge in [0.25, 0.3) is 0 Å². The summed E-state index contributed by atoms with van der Waals surface area (Å²) < 4.78 is 21.7. The Morgan fingerprint density at radius 2 is 1.32 bits per heavy atom. The quantitative estimate of drug-likeness (QED) is 0.0865. The minimum atomic E-state index is -0.470. The molecule has 6 heteroatoms. The number of hydrogen-bond acceptors (Lipinski definition) is 5. The Labute approximate surface area is 227 Å². The highest BCUT2D eigenvalue weighted by Crippen LogP contribution is 2.35. The van der Waals surface area contributed by atoms with Crippen LogP contribution < -0.4 is 9.47 Å².